The van der Waals surface area contributed by atoms with E-state index in [9.17, 15) is 9.59 Å². The summed E-state index contributed by atoms with van der Waals surface area (Å²) >= 11 is 2.82. The maximum atomic E-state index is 12.4. The van der Waals surface area contributed by atoms with Crippen LogP contribution in [0, 0.1) is 0 Å². The largest absolute Gasteiger partial charge is 0.300 e. The molecule has 132 valence electrons. The molecule has 0 bridgehead atoms. The lowest BCUT2D eigenvalue weighted by atomic mass is 10.1. The van der Waals surface area contributed by atoms with Crippen molar-refractivity contribution in [1.29, 1.82) is 0 Å². The van der Waals surface area contributed by atoms with Crippen molar-refractivity contribution >= 4 is 64.9 Å². The summed E-state index contributed by atoms with van der Waals surface area (Å²) in [4.78, 5) is 34.3. The van der Waals surface area contributed by atoms with Gasteiger partial charge in [-0.05, 0) is 22.9 Å². The van der Waals surface area contributed by atoms with E-state index < -0.39 is 0 Å². The van der Waals surface area contributed by atoms with Gasteiger partial charge < -0.3 is 5.32 Å². The Bertz CT molecular complexity index is 1380. The van der Waals surface area contributed by atoms with E-state index in [2.05, 4.69) is 15.3 Å². The van der Waals surface area contributed by atoms with E-state index in [4.69, 9.17) is 0 Å². The Morgan fingerprint density at radius 3 is 2.93 bits per heavy atom. The third-order valence-corrected chi connectivity index (χ3v) is 6.05. The fourth-order valence-electron chi connectivity index (χ4n) is 3.03. The highest BCUT2D eigenvalue weighted by atomic mass is 32.1. The number of anilines is 1. The Balaban J connectivity index is 1.44. The lowest BCUT2D eigenvalue weighted by molar-refractivity contribution is -0.116. The van der Waals surface area contributed by atoms with E-state index in [0.717, 1.165) is 21.0 Å². The average molecular weight is 392 g/mol. The van der Waals surface area contributed by atoms with E-state index in [1.807, 2.05) is 41.8 Å². The van der Waals surface area contributed by atoms with Crippen LogP contribution in [0.2, 0.25) is 0 Å². The second-order valence-electron chi connectivity index (χ2n) is 6.02. The number of carbonyl (C=O) groups is 1. The minimum Gasteiger partial charge on any atom is -0.300 e. The van der Waals surface area contributed by atoms with Crippen LogP contribution in [0.5, 0.6) is 0 Å². The van der Waals surface area contributed by atoms with E-state index in [1.54, 1.807) is 6.07 Å². The van der Waals surface area contributed by atoms with Crippen LogP contribution >= 0.6 is 22.7 Å². The number of aromatic nitrogens is 3. The van der Waals surface area contributed by atoms with Gasteiger partial charge in [0.1, 0.15) is 11.4 Å². The van der Waals surface area contributed by atoms with Crippen LogP contribution in [0.15, 0.2) is 59.0 Å². The topological polar surface area (TPSA) is 76.9 Å². The molecule has 1 N–H and O–H groups in total. The number of nitrogens with zero attached hydrogens (tertiary/aromatic N) is 3. The first-order valence-electron chi connectivity index (χ1n) is 8.20. The molecule has 0 unspecified atom stereocenters. The predicted molar refractivity (Wildman–Crippen MR) is 110 cm³/mol. The van der Waals surface area contributed by atoms with Crippen molar-refractivity contribution in [2.45, 2.75) is 6.54 Å². The number of nitrogens with one attached hydrogen (secondary N) is 1. The Kier molecular flexibility index (Phi) is 3.73. The van der Waals surface area contributed by atoms with Gasteiger partial charge in [-0.3, -0.25) is 14.2 Å². The summed E-state index contributed by atoms with van der Waals surface area (Å²) in [5.74, 6) is -0.308. The standard InChI is InChI=1S/C19H12N4O2S2/c24-15(9-23-10-20-17-13(18(23)25)7-8-26-17)21-19-22-16-12-4-2-1-3-11(12)5-6-14(16)27-19/h1-8,10H,9H2,(H,21,22,24). The van der Waals surface area contributed by atoms with Crippen molar-refractivity contribution in [1.82, 2.24) is 14.5 Å². The van der Waals surface area contributed by atoms with Gasteiger partial charge in [-0.15, -0.1) is 11.3 Å². The number of benzene rings is 2. The van der Waals surface area contributed by atoms with Gasteiger partial charge in [0, 0.05) is 5.39 Å². The van der Waals surface area contributed by atoms with Crippen LogP contribution in [0.4, 0.5) is 5.13 Å². The fourth-order valence-corrected chi connectivity index (χ4v) is 4.66. The minimum atomic E-state index is -0.308. The summed E-state index contributed by atoms with van der Waals surface area (Å²) in [6.45, 7) is -0.103. The third kappa shape index (κ3) is 2.79. The zero-order chi connectivity index (χ0) is 18.4. The van der Waals surface area contributed by atoms with Crippen LogP contribution in [-0.4, -0.2) is 20.4 Å². The Morgan fingerprint density at radius 2 is 2.00 bits per heavy atom. The molecule has 0 spiro atoms. The van der Waals surface area contributed by atoms with E-state index in [0.29, 0.717) is 15.3 Å². The van der Waals surface area contributed by atoms with Gasteiger partial charge in [-0.2, -0.15) is 0 Å². The maximum absolute atomic E-state index is 12.4. The Hall–Kier alpha value is -3.10. The zero-order valence-corrected chi connectivity index (χ0v) is 15.5. The fraction of sp³-hybridized carbons (Fsp3) is 0.0526. The molecule has 0 fully saturated rings. The van der Waals surface area contributed by atoms with E-state index in [-0.39, 0.29) is 18.0 Å². The minimum absolute atomic E-state index is 0.103. The first-order valence-corrected chi connectivity index (χ1v) is 9.89. The quantitative estimate of drug-likeness (QED) is 0.506. The summed E-state index contributed by atoms with van der Waals surface area (Å²) < 4.78 is 2.31. The number of thiazole rings is 1. The Morgan fingerprint density at radius 1 is 1.11 bits per heavy atom. The molecule has 2 aromatic carbocycles. The molecule has 0 saturated carbocycles. The smallest absolute Gasteiger partial charge is 0.262 e. The highest BCUT2D eigenvalue weighted by Crippen LogP contribution is 2.31. The molecule has 0 aliphatic carbocycles. The number of fused-ring (bicyclic) bond motifs is 4. The molecule has 3 aromatic heterocycles. The van der Waals surface area contributed by atoms with Crippen molar-refractivity contribution < 1.29 is 4.79 Å². The summed E-state index contributed by atoms with van der Waals surface area (Å²) in [6, 6.07) is 13.8. The number of amides is 1. The van der Waals surface area contributed by atoms with Gasteiger partial charge >= 0.3 is 0 Å². The highest BCUT2D eigenvalue weighted by Gasteiger charge is 2.12. The Labute approximate surface area is 160 Å². The summed E-state index contributed by atoms with van der Waals surface area (Å²) in [6.07, 6.45) is 1.41. The summed E-state index contributed by atoms with van der Waals surface area (Å²) in [7, 11) is 0. The van der Waals surface area contributed by atoms with Crippen LogP contribution in [0.1, 0.15) is 0 Å². The van der Waals surface area contributed by atoms with Gasteiger partial charge in [0.25, 0.3) is 5.56 Å². The molecule has 0 aliphatic rings. The molecule has 1 amide bonds. The molecule has 0 aliphatic heterocycles. The lowest BCUT2D eigenvalue weighted by Crippen LogP contribution is -2.27. The first kappa shape index (κ1) is 16.1. The number of hydrogen-bond acceptors (Lipinski definition) is 6. The summed E-state index contributed by atoms with van der Waals surface area (Å²) in [5.41, 5.74) is 0.652. The number of carbonyl (C=O) groups excluding carboxylic acids is 1. The zero-order valence-electron chi connectivity index (χ0n) is 13.9. The second-order valence-corrected chi connectivity index (χ2v) is 7.94. The molecular weight excluding hydrogens is 380 g/mol. The van der Waals surface area contributed by atoms with Gasteiger partial charge in [0.15, 0.2) is 5.13 Å². The van der Waals surface area contributed by atoms with E-state index in [1.165, 1.54) is 33.6 Å². The van der Waals surface area contributed by atoms with E-state index >= 15 is 0 Å². The van der Waals surface area contributed by atoms with Gasteiger partial charge in [-0.25, -0.2) is 9.97 Å². The van der Waals surface area contributed by atoms with Crippen molar-refractivity contribution in [3.05, 3.63) is 64.5 Å². The van der Waals surface area contributed by atoms with Crippen LogP contribution in [0.25, 0.3) is 31.2 Å². The molecule has 6 nitrogen and oxygen atoms in total. The molecular formula is C19H12N4O2S2. The van der Waals surface area contributed by atoms with Crippen LogP contribution in [-0.2, 0) is 11.3 Å². The van der Waals surface area contributed by atoms with Crippen molar-refractivity contribution in [2.75, 3.05) is 5.32 Å². The molecule has 5 rings (SSSR count). The molecule has 0 radical (unpaired) electrons. The molecule has 0 saturated heterocycles. The van der Waals surface area contributed by atoms with Crippen molar-refractivity contribution in [2.24, 2.45) is 0 Å². The monoisotopic (exact) mass is 392 g/mol. The van der Waals surface area contributed by atoms with Crippen molar-refractivity contribution in [3.63, 3.8) is 0 Å². The van der Waals surface area contributed by atoms with Crippen LogP contribution in [0.3, 0.4) is 0 Å². The second kappa shape index (κ2) is 6.26. The summed E-state index contributed by atoms with van der Waals surface area (Å²) in [5, 5.41) is 7.82. The average Bonchev–Trinajstić information content (AvgIpc) is 3.31. The molecule has 0 atom stereocenters. The normalized spacial score (nSPS) is 11.4. The predicted octanol–water partition coefficient (Wildman–Crippen LogP) is 3.86. The number of thiophene rings is 1. The molecule has 5 aromatic rings. The highest BCUT2D eigenvalue weighted by molar-refractivity contribution is 7.22. The molecule has 27 heavy (non-hydrogen) atoms. The van der Waals surface area contributed by atoms with Crippen molar-refractivity contribution in [3.8, 4) is 0 Å². The van der Waals surface area contributed by atoms with Gasteiger partial charge in [-0.1, -0.05) is 41.7 Å². The third-order valence-electron chi connectivity index (χ3n) is 4.29. The molecule has 8 heteroatoms. The first-order chi connectivity index (χ1) is 13.2. The van der Waals surface area contributed by atoms with Gasteiger partial charge in [0.2, 0.25) is 5.91 Å². The van der Waals surface area contributed by atoms with Gasteiger partial charge in [0.05, 0.1) is 21.9 Å². The SMILES string of the molecule is O=C(Cn1cnc2sccc2c1=O)Nc1nc2c(ccc3ccccc32)s1. The maximum Gasteiger partial charge on any atom is 0.262 e. The number of rotatable bonds is 3. The lowest BCUT2D eigenvalue weighted by Gasteiger charge is -2.04. The number of hydrogen-bond donors (Lipinski definition) is 1. The van der Waals surface area contributed by atoms with Crippen LogP contribution < -0.4 is 10.9 Å². The molecule has 3 heterocycles.